The van der Waals surface area contributed by atoms with Crippen LogP contribution in [0.3, 0.4) is 0 Å². The molecule has 2 fully saturated rings. The summed E-state index contributed by atoms with van der Waals surface area (Å²) in [6.45, 7) is 3.16. The molecule has 32 heavy (non-hydrogen) atoms. The van der Waals surface area contributed by atoms with E-state index in [0.717, 1.165) is 21.9 Å². The summed E-state index contributed by atoms with van der Waals surface area (Å²) >= 11 is 13.7. The summed E-state index contributed by atoms with van der Waals surface area (Å²) in [5, 5.41) is 1.74. The second kappa shape index (κ2) is 8.84. The number of rotatable bonds is 3. The third-order valence-corrected chi connectivity index (χ3v) is 7.40. The average molecular weight is 490 g/mol. The van der Waals surface area contributed by atoms with Crippen molar-refractivity contribution in [3.05, 3.63) is 52.1 Å². The van der Waals surface area contributed by atoms with Crippen LogP contribution in [0.5, 0.6) is 0 Å². The van der Waals surface area contributed by atoms with Gasteiger partial charge in [0.2, 0.25) is 5.91 Å². The van der Waals surface area contributed by atoms with Crippen molar-refractivity contribution >= 4 is 61.8 Å². The lowest BCUT2D eigenvalue weighted by atomic mass is 10.1. The van der Waals surface area contributed by atoms with E-state index in [4.69, 9.17) is 23.2 Å². The number of benzene rings is 1. The highest BCUT2D eigenvalue weighted by atomic mass is 35.5. The molecule has 4 heterocycles. The van der Waals surface area contributed by atoms with Gasteiger partial charge in [-0.05, 0) is 43.2 Å². The van der Waals surface area contributed by atoms with Gasteiger partial charge in [-0.1, -0.05) is 34.5 Å². The van der Waals surface area contributed by atoms with Gasteiger partial charge in [0, 0.05) is 54.5 Å². The van der Waals surface area contributed by atoms with E-state index in [0.29, 0.717) is 54.8 Å². The predicted molar refractivity (Wildman–Crippen MR) is 127 cm³/mol. The van der Waals surface area contributed by atoms with Gasteiger partial charge in [0.25, 0.3) is 5.91 Å². The Balaban J connectivity index is 1.25. The Morgan fingerprint density at radius 3 is 2.50 bits per heavy atom. The van der Waals surface area contributed by atoms with Gasteiger partial charge in [-0.25, -0.2) is 9.97 Å². The highest BCUT2D eigenvalue weighted by Crippen LogP contribution is 2.29. The fraction of sp³-hybridized carbons (Fsp3) is 0.364. The molecule has 0 radical (unpaired) electrons. The first kappa shape index (κ1) is 21.4. The zero-order chi connectivity index (χ0) is 22.2. The van der Waals surface area contributed by atoms with Gasteiger partial charge >= 0.3 is 0 Å². The molecule has 0 bridgehead atoms. The number of carbonyl (C=O) groups is 2. The van der Waals surface area contributed by atoms with E-state index in [9.17, 15) is 9.59 Å². The highest BCUT2D eigenvalue weighted by molar-refractivity contribution is 7.21. The van der Waals surface area contributed by atoms with E-state index < -0.39 is 6.04 Å². The van der Waals surface area contributed by atoms with Crippen LogP contribution in [0.4, 0.5) is 5.13 Å². The van der Waals surface area contributed by atoms with Crippen LogP contribution in [0.2, 0.25) is 10.0 Å². The Bertz CT molecular complexity index is 1120. The maximum atomic E-state index is 13.3. The zero-order valence-electron chi connectivity index (χ0n) is 17.2. The summed E-state index contributed by atoms with van der Waals surface area (Å²) in [4.78, 5) is 42.1. The van der Waals surface area contributed by atoms with Crippen LogP contribution in [0.1, 0.15) is 23.2 Å². The molecule has 2 aliphatic heterocycles. The maximum Gasteiger partial charge on any atom is 0.254 e. The van der Waals surface area contributed by atoms with Gasteiger partial charge in [0.1, 0.15) is 16.4 Å². The zero-order valence-corrected chi connectivity index (χ0v) is 19.5. The fourth-order valence-electron chi connectivity index (χ4n) is 4.33. The monoisotopic (exact) mass is 489 g/mol. The van der Waals surface area contributed by atoms with Crippen LogP contribution in [0.25, 0.3) is 10.3 Å². The number of nitrogens with zero attached hydrogens (tertiary/aromatic N) is 5. The largest absolute Gasteiger partial charge is 0.344 e. The summed E-state index contributed by atoms with van der Waals surface area (Å²) in [5.74, 6) is -0.194. The molecule has 1 unspecified atom stereocenters. The van der Waals surface area contributed by atoms with Crippen molar-refractivity contribution in [2.24, 2.45) is 0 Å². The van der Waals surface area contributed by atoms with Crippen molar-refractivity contribution in [2.45, 2.75) is 18.9 Å². The molecule has 0 N–H and O–H groups in total. The molecule has 0 aliphatic carbocycles. The summed E-state index contributed by atoms with van der Waals surface area (Å²) in [7, 11) is 0. The first-order valence-corrected chi connectivity index (χ1v) is 12.1. The number of anilines is 1. The SMILES string of the molecule is O=C(C1CCCN1C(=O)c1cc(Cl)cc(Cl)c1)N1CCN(c2nc3cccnc3s2)CC1. The number of pyridine rings is 1. The maximum absolute atomic E-state index is 13.3. The summed E-state index contributed by atoms with van der Waals surface area (Å²) in [6.07, 6.45) is 3.24. The Kier molecular flexibility index (Phi) is 5.92. The molecule has 2 aliphatic rings. The van der Waals surface area contributed by atoms with Crippen LogP contribution >= 0.6 is 34.5 Å². The van der Waals surface area contributed by atoms with Gasteiger partial charge in [0.05, 0.1) is 0 Å². The van der Waals surface area contributed by atoms with Crippen LogP contribution < -0.4 is 4.90 Å². The van der Waals surface area contributed by atoms with Crippen molar-refractivity contribution in [3.63, 3.8) is 0 Å². The number of amides is 2. The molecule has 10 heteroatoms. The average Bonchev–Trinajstić information content (AvgIpc) is 3.45. The number of carbonyl (C=O) groups excluding carboxylic acids is 2. The first-order chi connectivity index (χ1) is 15.5. The van der Waals surface area contributed by atoms with Gasteiger partial charge < -0.3 is 14.7 Å². The van der Waals surface area contributed by atoms with Gasteiger partial charge in [-0.2, -0.15) is 0 Å². The topological polar surface area (TPSA) is 69.6 Å². The van der Waals surface area contributed by atoms with E-state index in [-0.39, 0.29) is 11.8 Å². The summed E-state index contributed by atoms with van der Waals surface area (Å²) < 4.78 is 0. The molecule has 0 spiro atoms. The van der Waals surface area contributed by atoms with E-state index in [1.54, 1.807) is 40.6 Å². The number of piperazine rings is 1. The van der Waals surface area contributed by atoms with E-state index >= 15 is 0 Å². The number of likely N-dealkylation sites (tertiary alicyclic amines) is 1. The van der Waals surface area contributed by atoms with Crippen molar-refractivity contribution < 1.29 is 9.59 Å². The fourth-order valence-corrected chi connectivity index (χ4v) is 5.82. The van der Waals surface area contributed by atoms with Gasteiger partial charge in [-0.15, -0.1) is 0 Å². The molecule has 166 valence electrons. The molecule has 5 rings (SSSR count). The molecule has 2 amide bonds. The van der Waals surface area contributed by atoms with E-state index in [1.165, 1.54) is 0 Å². The van der Waals surface area contributed by atoms with Crippen LogP contribution in [0, 0.1) is 0 Å². The molecule has 7 nitrogen and oxygen atoms in total. The molecular weight excluding hydrogens is 469 g/mol. The van der Waals surface area contributed by atoms with Crippen LogP contribution in [-0.4, -0.2) is 70.3 Å². The highest BCUT2D eigenvalue weighted by Gasteiger charge is 2.38. The summed E-state index contributed by atoms with van der Waals surface area (Å²) in [5.41, 5.74) is 1.31. The number of halogens is 2. The third kappa shape index (κ3) is 4.14. The molecule has 2 aromatic heterocycles. The minimum atomic E-state index is -0.446. The van der Waals surface area contributed by atoms with E-state index in [2.05, 4.69) is 14.9 Å². The lowest BCUT2D eigenvalue weighted by Gasteiger charge is -2.37. The Hall–Kier alpha value is -2.42. The molecular formula is C22H21Cl2N5O2S. The number of hydrogen-bond acceptors (Lipinski definition) is 6. The third-order valence-electron chi connectivity index (χ3n) is 5.93. The number of thiazole rings is 1. The smallest absolute Gasteiger partial charge is 0.254 e. The molecule has 3 aromatic rings. The van der Waals surface area contributed by atoms with Crippen molar-refractivity contribution in [1.29, 1.82) is 0 Å². The lowest BCUT2D eigenvalue weighted by Crippen LogP contribution is -2.54. The predicted octanol–water partition coefficient (Wildman–Crippen LogP) is 3.95. The molecule has 1 aromatic carbocycles. The molecule has 0 saturated carbocycles. The minimum Gasteiger partial charge on any atom is -0.344 e. The second-order valence-corrected chi connectivity index (χ2v) is 9.78. The molecule has 1 atom stereocenters. The lowest BCUT2D eigenvalue weighted by molar-refractivity contribution is -0.135. The molecule has 2 saturated heterocycles. The van der Waals surface area contributed by atoms with Crippen molar-refractivity contribution in [1.82, 2.24) is 19.8 Å². The normalized spacial score (nSPS) is 19.1. The minimum absolute atomic E-state index is 0.00888. The number of hydrogen-bond donors (Lipinski definition) is 0. The standard InChI is InChI=1S/C22H21Cl2N5O2S/c23-15-11-14(12-16(24)13-15)20(30)29-6-2-4-18(29)21(31)27-7-9-28(10-8-27)22-26-17-3-1-5-25-19(17)32-22/h1,3,5,11-13,18H,2,4,6-10H2. The van der Waals surface area contributed by atoms with Crippen molar-refractivity contribution in [3.8, 4) is 0 Å². The van der Waals surface area contributed by atoms with Gasteiger partial charge in [-0.3, -0.25) is 9.59 Å². The Labute approximate surface area is 199 Å². The van der Waals surface area contributed by atoms with Crippen LogP contribution in [-0.2, 0) is 4.79 Å². The first-order valence-electron chi connectivity index (χ1n) is 10.5. The van der Waals surface area contributed by atoms with Gasteiger partial charge in [0.15, 0.2) is 5.13 Å². The van der Waals surface area contributed by atoms with Crippen LogP contribution in [0.15, 0.2) is 36.5 Å². The Morgan fingerprint density at radius 2 is 1.78 bits per heavy atom. The van der Waals surface area contributed by atoms with E-state index in [1.807, 2.05) is 17.0 Å². The quantitative estimate of drug-likeness (QED) is 0.556. The number of aromatic nitrogens is 2. The number of fused-ring (bicyclic) bond motifs is 1. The van der Waals surface area contributed by atoms with Crippen molar-refractivity contribution in [2.75, 3.05) is 37.6 Å². The Morgan fingerprint density at radius 1 is 1.03 bits per heavy atom. The second-order valence-electron chi connectivity index (χ2n) is 7.95. The summed E-state index contributed by atoms with van der Waals surface area (Å²) in [6, 6.07) is 8.18.